The van der Waals surface area contributed by atoms with Crippen LogP contribution in [0.25, 0.3) is 0 Å². The fraction of sp³-hybridized carbons (Fsp3) is 0.294. The van der Waals surface area contributed by atoms with E-state index >= 15 is 0 Å². The van der Waals surface area contributed by atoms with Gasteiger partial charge >= 0.3 is 0 Å². The summed E-state index contributed by atoms with van der Waals surface area (Å²) < 4.78 is 32.4. The Balaban J connectivity index is 1.67. The van der Waals surface area contributed by atoms with E-state index in [4.69, 9.17) is 4.74 Å². The van der Waals surface area contributed by atoms with E-state index < -0.39 is 10.0 Å². The number of nitrogens with zero attached hydrogens (tertiary/aromatic N) is 2. The third-order valence-electron chi connectivity index (χ3n) is 3.92. The van der Waals surface area contributed by atoms with Crippen LogP contribution in [0, 0.1) is 5.21 Å². The number of Topliss-reactive ketones (excluding diaryl/α,β-unsaturated/α-hetero) is 1. The molecule has 1 aromatic heterocycles. The molecule has 0 atom stereocenters. The summed E-state index contributed by atoms with van der Waals surface area (Å²) >= 11 is 1.14. The van der Waals surface area contributed by atoms with Crippen molar-refractivity contribution < 1.29 is 22.7 Å². The molecule has 9 heteroatoms. The van der Waals surface area contributed by atoms with Gasteiger partial charge in [0.1, 0.15) is 0 Å². The van der Waals surface area contributed by atoms with Gasteiger partial charge in [0.15, 0.2) is 12.0 Å². The molecule has 1 aromatic carbocycles. The first-order valence-electron chi connectivity index (χ1n) is 8.00. The Labute approximate surface area is 156 Å². The number of morpholine rings is 1. The molecule has 0 saturated carbocycles. The Kier molecular flexibility index (Phi) is 5.92. The van der Waals surface area contributed by atoms with Gasteiger partial charge in [0, 0.05) is 30.8 Å². The molecule has 2 aromatic rings. The van der Waals surface area contributed by atoms with E-state index in [9.17, 15) is 18.4 Å². The molecule has 0 radical (unpaired) electrons. The SMILES string of the molecule is O=C(CSc1cccc[n+]1[O-])c1ccc(S(=O)(=O)N2CCOCC2)cc1. The quantitative estimate of drug-likeness (QED) is 0.318. The van der Waals surface area contributed by atoms with Gasteiger partial charge in [0.25, 0.3) is 5.03 Å². The lowest BCUT2D eigenvalue weighted by molar-refractivity contribution is -0.645. The minimum Gasteiger partial charge on any atom is -0.618 e. The van der Waals surface area contributed by atoms with Crippen LogP contribution in [0.4, 0.5) is 0 Å². The molecule has 2 heterocycles. The van der Waals surface area contributed by atoms with Gasteiger partial charge < -0.3 is 9.94 Å². The van der Waals surface area contributed by atoms with Gasteiger partial charge in [0.05, 0.1) is 23.9 Å². The number of rotatable bonds is 6. The summed E-state index contributed by atoms with van der Waals surface area (Å²) in [6.07, 6.45) is 1.37. The van der Waals surface area contributed by atoms with Crippen LogP contribution >= 0.6 is 11.8 Å². The Morgan fingerprint density at radius 3 is 2.50 bits per heavy atom. The molecule has 7 nitrogen and oxygen atoms in total. The summed E-state index contributed by atoms with van der Waals surface area (Å²) in [7, 11) is -3.57. The lowest BCUT2D eigenvalue weighted by atomic mass is 10.1. The number of benzene rings is 1. The van der Waals surface area contributed by atoms with E-state index in [-0.39, 0.29) is 16.4 Å². The van der Waals surface area contributed by atoms with Crippen LogP contribution in [-0.4, -0.2) is 50.6 Å². The predicted octanol–water partition coefficient (Wildman–Crippen LogP) is 1.32. The number of hydrogen-bond donors (Lipinski definition) is 0. The summed E-state index contributed by atoms with van der Waals surface area (Å²) in [5.41, 5.74) is 0.409. The summed E-state index contributed by atoms with van der Waals surface area (Å²) in [5.74, 6) is -0.0730. The highest BCUT2D eigenvalue weighted by molar-refractivity contribution is 7.99. The highest BCUT2D eigenvalue weighted by Crippen LogP contribution is 2.19. The summed E-state index contributed by atoms with van der Waals surface area (Å²) in [4.78, 5) is 12.4. The highest BCUT2D eigenvalue weighted by Gasteiger charge is 2.26. The molecule has 0 unspecified atom stereocenters. The summed E-state index contributed by atoms with van der Waals surface area (Å²) in [6, 6.07) is 10.9. The number of sulfonamides is 1. The van der Waals surface area contributed by atoms with Crippen molar-refractivity contribution in [1.29, 1.82) is 0 Å². The number of carbonyl (C=O) groups excluding carboxylic acids is 1. The average molecular weight is 394 g/mol. The number of hydrogen-bond acceptors (Lipinski definition) is 6. The number of pyridine rings is 1. The lowest BCUT2D eigenvalue weighted by Gasteiger charge is -2.26. The smallest absolute Gasteiger partial charge is 0.251 e. The van der Waals surface area contributed by atoms with Gasteiger partial charge in [-0.25, -0.2) is 8.42 Å². The summed E-state index contributed by atoms with van der Waals surface area (Å²) in [5, 5.41) is 12.0. The van der Waals surface area contributed by atoms with E-state index in [0.717, 1.165) is 11.8 Å². The molecule has 138 valence electrons. The van der Waals surface area contributed by atoms with Gasteiger partial charge in [0.2, 0.25) is 10.0 Å². The normalized spacial score (nSPS) is 15.7. The van der Waals surface area contributed by atoms with Crippen LogP contribution in [0.3, 0.4) is 0 Å². The zero-order valence-electron chi connectivity index (χ0n) is 13.9. The topological polar surface area (TPSA) is 90.6 Å². The standard InChI is InChI=1S/C17H18N2O5S2/c20-16(13-25-17-3-1-2-8-19(17)21)14-4-6-15(7-5-14)26(22,23)18-9-11-24-12-10-18/h1-8H,9-13H2. The van der Waals surface area contributed by atoms with Crippen molar-refractivity contribution in [2.45, 2.75) is 9.92 Å². The van der Waals surface area contributed by atoms with Crippen LogP contribution in [0.1, 0.15) is 10.4 Å². The molecule has 0 amide bonds. The van der Waals surface area contributed by atoms with Crippen LogP contribution < -0.4 is 4.73 Å². The van der Waals surface area contributed by atoms with Gasteiger partial charge in [-0.3, -0.25) is 4.79 Å². The zero-order chi connectivity index (χ0) is 18.6. The largest absolute Gasteiger partial charge is 0.618 e. The van der Waals surface area contributed by atoms with E-state index in [1.165, 1.54) is 34.8 Å². The van der Waals surface area contributed by atoms with E-state index in [1.807, 2.05) is 0 Å². The fourth-order valence-corrected chi connectivity index (χ4v) is 4.71. The van der Waals surface area contributed by atoms with Gasteiger partial charge in [-0.1, -0.05) is 12.1 Å². The zero-order valence-corrected chi connectivity index (χ0v) is 15.5. The number of thioether (sulfide) groups is 1. The number of aromatic nitrogens is 1. The van der Waals surface area contributed by atoms with Crippen molar-refractivity contribution in [2.24, 2.45) is 0 Å². The number of ether oxygens (including phenoxy) is 1. The third-order valence-corrected chi connectivity index (χ3v) is 6.86. The molecule has 1 fully saturated rings. The molecule has 0 bridgehead atoms. The molecule has 0 spiro atoms. The van der Waals surface area contributed by atoms with Crippen LogP contribution in [0.15, 0.2) is 58.6 Å². The highest BCUT2D eigenvalue weighted by atomic mass is 32.2. The first kappa shape index (κ1) is 18.8. The first-order chi connectivity index (χ1) is 12.5. The molecular formula is C17H18N2O5S2. The van der Waals surface area contributed by atoms with Crippen molar-refractivity contribution in [2.75, 3.05) is 32.1 Å². The summed E-state index contributed by atoms with van der Waals surface area (Å²) in [6.45, 7) is 1.41. The second-order valence-corrected chi connectivity index (χ2v) is 8.55. The van der Waals surface area contributed by atoms with E-state index in [0.29, 0.717) is 41.6 Å². The van der Waals surface area contributed by atoms with E-state index in [1.54, 1.807) is 18.2 Å². The maximum absolute atomic E-state index is 12.6. The van der Waals surface area contributed by atoms with Crippen LogP contribution in [0.2, 0.25) is 0 Å². The monoisotopic (exact) mass is 394 g/mol. The Morgan fingerprint density at radius 2 is 1.85 bits per heavy atom. The maximum atomic E-state index is 12.6. The molecule has 1 saturated heterocycles. The van der Waals surface area contributed by atoms with Crippen molar-refractivity contribution in [3.63, 3.8) is 0 Å². The van der Waals surface area contributed by atoms with Crippen molar-refractivity contribution in [3.05, 3.63) is 59.4 Å². The molecule has 0 N–H and O–H groups in total. The first-order valence-corrected chi connectivity index (χ1v) is 10.4. The molecule has 3 rings (SSSR count). The molecule has 1 aliphatic heterocycles. The molecule has 0 aliphatic carbocycles. The average Bonchev–Trinajstić information content (AvgIpc) is 2.68. The Bertz CT molecular complexity index is 878. The predicted molar refractivity (Wildman–Crippen MR) is 96.5 cm³/mol. The maximum Gasteiger partial charge on any atom is 0.251 e. The van der Waals surface area contributed by atoms with Crippen molar-refractivity contribution >= 4 is 27.6 Å². The van der Waals surface area contributed by atoms with Gasteiger partial charge in [-0.05, 0) is 30.0 Å². The second-order valence-electron chi connectivity index (χ2n) is 5.62. The third kappa shape index (κ3) is 4.24. The minimum atomic E-state index is -3.57. The van der Waals surface area contributed by atoms with Crippen molar-refractivity contribution in [1.82, 2.24) is 4.31 Å². The Morgan fingerprint density at radius 1 is 1.15 bits per heavy atom. The fourth-order valence-electron chi connectivity index (χ4n) is 2.50. The van der Waals surface area contributed by atoms with Gasteiger partial charge in [-0.15, -0.1) is 0 Å². The lowest BCUT2D eigenvalue weighted by Crippen LogP contribution is -2.40. The number of carbonyl (C=O) groups is 1. The Hall–Kier alpha value is -1.94. The van der Waals surface area contributed by atoms with E-state index in [2.05, 4.69) is 0 Å². The van der Waals surface area contributed by atoms with Gasteiger partial charge in [-0.2, -0.15) is 9.04 Å². The van der Waals surface area contributed by atoms with Crippen LogP contribution in [-0.2, 0) is 14.8 Å². The molecule has 1 aliphatic rings. The van der Waals surface area contributed by atoms with Crippen molar-refractivity contribution in [3.8, 4) is 0 Å². The molecule has 26 heavy (non-hydrogen) atoms. The number of ketones is 1. The second kappa shape index (κ2) is 8.17. The molecular weight excluding hydrogens is 376 g/mol. The van der Waals surface area contributed by atoms with Crippen LogP contribution in [0.5, 0.6) is 0 Å². The minimum absolute atomic E-state index is 0.0990.